The van der Waals surface area contributed by atoms with Gasteiger partial charge in [0.25, 0.3) is 5.91 Å². The smallest absolute Gasteiger partial charge is 0.258 e. The maximum atomic E-state index is 12.0. The number of hydrogen-bond donors (Lipinski definition) is 1. The average Bonchev–Trinajstić information content (AvgIpc) is 3.07. The highest BCUT2D eigenvalue weighted by atomic mass is 16.5. The summed E-state index contributed by atoms with van der Waals surface area (Å²) in [5, 5.41) is 3.82. The van der Waals surface area contributed by atoms with Crippen LogP contribution in [0.1, 0.15) is 24.4 Å². The molecular formula is C18H18N2O3. The summed E-state index contributed by atoms with van der Waals surface area (Å²) >= 11 is 0. The lowest BCUT2D eigenvalue weighted by molar-refractivity contribution is -0.123. The molecule has 3 rings (SSSR count). The van der Waals surface area contributed by atoms with E-state index < -0.39 is 0 Å². The first-order chi connectivity index (χ1) is 11.1. The van der Waals surface area contributed by atoms with Crippen LogP contribution in [0.25, 0.3) is 10.9 Å². The third kappa shape index (κ3) is 3.51. The first-order valence-corrected chi connectivity index (χ1v) is 7.45. The van der Waals surface area contributed by atoms with Crippen LogP contribution in [0.5, 0.6) is 5.75 Å². The number of hydrogen-bond acceptors (Lipinski definition) is 4. The topological polar surface area (TPSA) is 64.4 Å². The lowest BCUT2D eigenvalue weighted by atomic mass is 10.2. The number of fused-ring (bicyclic) bond motifs is 1. The van der Waals surface area contributed by atoms with Crippen LogP contribution < -0.4 is 10.1 Å². The van der Waals surface area contributed by atoms with Crippen molar-refractivity contribution < 1.29 is 13.9 Å². The molecule has 118 valence electrons. The van der Waals surface area contributed by atoms with Gasteiger partial charge in [-0.1, -0.05) is 18.2 Å². The lowest BCUT2D eigenvalue weighted by Gasteiger charge is -2.13. The predicted molar refractivity (Wildman–Crippen MR) is 87.2 cm³/mol. The minimum atomic E-state index is -0.210. The van der Waals surface area contributed by atoms with E-state index in [2.05, 4.69) is 10.3 Å². The Morgan fingerprint density at radius 2 is 2.13 bits per heavy atom. The van der Waals surface area contributed by atoms with E-state index in [9.17, 15) is 4.79 Å². The predicted octanol–water partition coefficient (Wildman–Crippen LogP) is 3.39. The molecule has 1 amide bonds. The molecule has 1 N–H and O–H groups in total. The van der Waals surface area contributed by atoms with Crippen molar-refractivity contribution in [1.29, 1.82) is 0 Å². The third-order valence-electron chi connectivity index (χ3n) is 3.53. The largest absolute Gasteiger partial charge is 0.481 e. The molecule has 2 heterocycles. The summed E-state index contributed by atoms with van der Waals surface area (Å²) in [6.07, 6.45) is 1.58. The minimum Gasteiger partial charge on any atom is -0.481 e. The molecule has 5 heteroatoms. The zero-order chi connectivity index (χ0) is 16.2. The number of pyridine rings is 1. The monoisotopic (exact) mass is 310 g/mol. The van der Waals surface area contributed by atoms with Crippen LogP contribution in [0, 0.1) is 6.92 Å². The van der Waals surface area contributed by atoms with Crippen molar-refractivity contribution in [3.63, 3.8) is 0 Å². The van der Waals surface area contributed by atoms with Crippen molar-refractivity contribution in [3.8, 4) is 5.75 Å². The van der Waals surface area contributed by atoms with Crippen molar-refractivity contribution in [2.45, 2.75) is 19.9 Å². The van der Waals surface area contributed by atoms with Gasteiger partial charge in [-0.25, -0.2) is 4.98 Å². The Kier molecular flexibility index (Phi) is 4.28. The fourth-order valence-electron chi connectivity index (χ4n) is 2.37. The van der Waals surface area contributed by atoms with Gasteiger partial charge >= 0.3 is 0 Å². The van der Waals surface area contributed by atoms with Gasteiger partial charge in [-0.3, -0.25) is 4.79 Å². The highest BCUT2D eigenvalue weighted by molar-refractivity contribution is 5.85. The highest BCUT2D eigenvalue weighted by Gasteiger charge is 2.13. The zero-order valence-corrected chi connectivity index (χ0v) is 13.1. The molecule has 5 nitrogen and oxygen atoms in total. The van der Waals surface area contributed by atoms with Gasteiger partial charge in [0, 0.05) is 11.1 Å². The number of furan rings is 1. The molecule has 0 bridgehead atoms. The molecule has 0 aliphatic heterocycles. The molecular weight excluding hydrogens is 292 g/mol. The summed E-state index contributed by atoms with van der Waals surface area (Å²) in [4.78, 5) is 16.5. The Labute approximate surface area is 134 Å². The summed E-state index contributed by atoms with van der Waals surface area (Å²) in [6.45, 7) is 3.72. The van der Waals surface area contributed by atoms with Crippen LogP contribution in [0.3, 0.4) is 0 Å². The van der Waals surface area contributed by atoms with Crippen LogP contribution in [0.4, 0.5) is 0 Å². The van der Waals surface area contributed by atoms with E-state index in [1.54, 1.807) is 12.3 Å². The van der Waals surface area contributed by atoms with Gasteiger partial charge in [0.05, 0.1) is 12.3 Å². The lowest BCUT2D eigenvalue weighted by Crippen LogP contribution is -2.31. The summed E-state index contributed by atoms with van der Waals surface area (Å²) in [6, 6.07) is 13.0. The van der Waals surface area contributed by atoms with E-state index in [0.717, 1.165) is 16.6 Å². The first kappa shape index (κ1) is 15.1. The number of para-hydroxylation sites is 1. The van der Waals surface area contributed by atoms with Gasteiger partial charge in [0.15, 0.2) is 6.61 Å². The van der Waals surface area contributed by atoms with Crippen LogP contribution in [-0.2, 0) is 4.79 Å². The number of amides is 1. The number of carbonyl (C=O) groups excluding carboxylic acids is 1. The Bertz CT molecular complexity index is 812. The summed E-state index contributed by atoms with van der Waals surface area (Å²) in [5.74, 6) is 1.10. The molecule has 0 aliphatic carbocycles. The van der Waals surface area contributed by atoms with Gasteiger partial charge in [-0.05, 0) is 38.1 Å². The van der Waals surface area contributed by atoms with Gasteiger partial charge in [0.2, 0.25) is 0 Å². The first-order valence-electron chi connectivity index (χ1n) is 7.45. The summed E-state index contributed by atoms with van der Waals surface area (Å²) < 4.78 is 10.9. The second kappa shape index (κ2) is 6.52. The van der Waals surface area contributed by atoms with Gasteiger partial charge < -0.3 is 14.5 Å². The normalized spacial score (nSPS) is 12.1. The van der Waals surface area contributed by atoms with Crippen LogP contribution in [0.2, 0.25) is 0 Å². The molecule has 0 saturated heterocycles. The van der Waals surface area contributed by atoms with Crippen molar-refractivity contribution in [1.82, 2.24) is 10.3 Å². The van der Waals surface area contributed by atoms with Crippen molar-refractivity contribution >= 4 is 16.8 Å². The number of benzene rings is 1. The van der Waals surface area contributed by atoms with Crippen LogP contribution in [0.15, 0.2) is 53.1 Å². The van der Waals surface area contributed by atoms with E-state index in [1.165, 1.54) is 0 Å². The molecule has 2 aromatic heterocycles. The number of nitrogens with one attached hydrogen (secondary N) is 1. The Balaban J connectivity index is 1.66. The molecule has 1 atom stereocenters. The molecule has 0 saturated carbocycles. The maximum absolute atomic E-state index is 12.0. The quantitative estimate of drug-likeness (QED) is 0.784. The second-order valence-corrected chi connectivity index (χ2v) is 5.37. The van der Waals surface area contributed by atoms with E-state index in [1.807, 2.05) is 50.2 Å². The van der Waals surface area contributed by atoms with Crippen molar-refractivity contribution in [2.75, 3.05) is 6.61 Å². The van der Waals surface area contributed by atoms with Gasteiger partial charge in [-0.15, -0.1) is 0 Å². The average molecular weight is 310 g/mol. The summed E-state index contributed by atoms with van der Waals surface area (Å²) in [7, 11) is 0. The van der Waals surface area contributed by atoms with Gasteiger partial charge in [0.1, 0.15) is 17.0 Å². The molecule has 0 aliphatic rings. The second-order valence-electron chi connectivity index (χ2n) is 5.37. The highest BCUT2D eigenvalue weighted by Crippen LogP contribution is 2.23. The number of nitrogens with zero attached hydrogens (tertiary/aromatic N) is 1. The maximum Gasteiger partial charge on any atom is 0.258 e. The van der Waals surface area contributed by atoms with E-state index in [-0.39, 0.29) is 18.6 Å². The molecule has 1 unspecified atom stereocenters. The molecule has 23 heavy (non-hydrogen) atoms. The van der Waals surface area contributed by atoms with E-state index in [0.29, 0.717) is 11.5 Å². The van der Waals surface area contributed by atoms with Crippen LogP contribution >= 0.6 is 0 Å². The molecule has 1 aromatic carbocycles. The number of aryl methyl sites for hydroxylation is 1. The Morgan fingerprint density at radius 3 is 2.91 bits per heavy atom. The van der Waals surface area contributed by atoms with E-state index in [4.69, 9.17) is 9.15 Å². The fourth-order valence-corrected chi connectivity index (χ4v) is 2.37. The Morgan fingerprint density at radius 1 is 1.26 bits per heavy atom. The van der Waals surface area contributed by atoms with E-state index >= 15 is 0 Å². The molecule has 0 fully saturated rings. The molecule has 0 spiro atoms. The molecule has 0 radical (unpaired) electrons. The van der Waals surface area contributed by atoms with Crippen molar-refractivity contribution in [2.24, 2.45) is 0 Å². The SMILES string of the molecule is Cc1ccc2cccc(OCC(=O)NC(C)c3ccco3)c2n1. The zero-order valence-electron chi connectivity index (χ0n) is 13.1. The molecule has 3 aromatic rings. The third-order valence-corrected chi connectivity index (χ3v) is 3.53. The fraction of sp³-hybridized carbons (Fsp3) is 0.222. The minimum absolute atomic E-state index is 0.0697. The summed E-state index contributed by atoms with van der Waals surface area (Å²) in [5.41, 5.74) is 1.67. The number of carbonyl (C=O) groups is 1. The number of aromatic nitrogens is 1. The Hall–Kier alpha value is -2.82. The van der Waals surface area contributed by atoms with Crippen molar-refractivity contribution in [3.05, 3.63) is 60.2 Å². The number of rotatable bonds is 5. The van der Waals surface area contributed by atoms with Crippen LogP contribution in [-0.4, -0.2) is 17.5 Å². The number of ether oxygens (including phenoxy) is 1. The van der Waals surface area contributed by atoms with Gasteiger partial charge in [-0.2, -0.15) is 0 Å². The standard InChI is InChI=1S/C18H18N2O3/c1-12-8-9-14-5-3-6-16(18(14)19-12)23-11-17(21)20-13(2)15-7-4-10-22-15/h3-10,13H,11H2,1-2H3,(H,20,21).